The lowest BCUT2D eigenvalue weighted by atomic mass is 10.0. The van der Waals surface area contributed by atoms with Gasteiger partial charge in [-0.3, -0.25) is 9.69 Å². The van der Waals surface area contributed by atoms with E-state index in [0.29, 0.717) is 18.3 Å². The predicted molar refractivity (Wildman–Crippen MR) is 125 cm³/mol. The number of piperazine rings is 1. The number of hydrogen-bond acceptors (Lipinski definition) is 4. The Bertz CT molecular complexity index is 828. The maximum Gasteiger partial charge on any atom is 0.246 e. The summed E-state index contributed by atoms with van der Waals surface area (Å²) in [5.41, 5.74) is 1.97. The Hall–Kier alpha value is -2.08. The number of amides is 1. The normalized spacial score (nSPS) is 17.4. The van der Waals surface area contributed by atoms with Crippen molar-refractivity contribution in [1.29, 1.82) is 0 Å². The molecule has 2 aromatic carbocycles. The van der Waals surface area contributed by atoms with Gasteiger partial charge in [0.2, 0.25) is 5.91 Å². The summed E-state index contributed by atoms with van der Waals surface area (Å²) >= 11 is 1.83. The second-order valence-electron chi connectivity index (χ2n) is 8.03. The third kappa shape index (κ3) is 6.21. The van der Waals surface area contributed by atoms with Crippen molar-refractivity contribution >= 4 is 23.7 Å². The van der Waals surface area contributed by atoms with Gasteiger partial charge in [-0.05, 0) is 36.3 Å². The van der Waals surface area contributed by atoms with Crippen molar-refractivity contribution < 1.29 is 9.90 Å². The fraction of sp³-hybridized carbons (Fsp3) is 0.400. The number of benzene rings is 2. The summed E-state index contributed by atoms with van der Waals surface area (Å²) in [5.74, 6) is 0.0462. The quantitative estimate of drug-likeness (QED) is 0.526. The van der Waals surface area contributed by atoms with Crippen LogP contribution >= 0.6 is 11.8 Å². The lowest BCUT2D eigenvalue weighted by molar-refractivity contribution is -0.128. The first-order valence-corrected chi connectivity index (χ1v) is 11.5. The van der Waals surface area contributed by atoms with Crippen LogP contribution in [0.25, 0.3) is 6.08 Å². The highest BCUT2D eigenvalue weighted by Gasteiger charge is 2.27. The van der Waals surface area contributed by atoms with Crippen LogP contribution in [0.3, 0.4) is 0 Å². The summed E-state index contributed by atoms with van der Waals surface area (Å²) in [4.78, 5) is 17.9. The lowest BCUT2D eigenvalue weighted by Crippen LogP contribution is -2.52. The van der Waals surface area contributed by atoms with Crippen LogP contribution in [0.15, 0.2) is 65.6 Å². The van der Waals surface area contributed by atoms with Gasteiger partial charge in [0.05, 0.1) is 6.10 Å². The van der Waals surface area contributed by atoms with Gasteiger partial charge in [0, 0.05) is 48.4 Å². The minimum absolute atomic E-state index is 0.00529. The first-order valence-electron chi connectivity index (χ1n) is 10.6. The van der Waals surface area contributed by atoms with E-state index in [1.54, 1.807) is 6.08 Å². The van der Waals surface area contributed by atoms with Crippen LogP contribution in [-0.2, 0) is 4.79 Å². The van der Waals surface area contributed by atoms with E-state index in [0.717, 1.165) is 24.2 Å². The summed E-state index contributed by atoms with van der Waals surface area (Å²) in [6.45, 7) is 9.32. The topological polar surface area (TPSA) is 43.8 Å². The molecule has 1 N–H and O–H groups in total. The third-order valence-electron chi connectivity index (χ3n) is 5.47. The zero-order valence-corrected chi connectivity index (χ0v) is 18.9. The second-order valence-corrected chi connectivity index (χ2v) is 9.68. The van der Waals surface area contributed by atoms with E-state index in [1.807, 2.05) is 65.2 Å². The summed E-state index contributed by atoms with van der Waals surface area (Å²) in [7, 11) is 0. The Labute approximate surface area is 184 Å². The number of aliphatic hydroxyl groups is 1. The zero-order valence-electron chi connectivity index (χ0n) is 18.1. The van der Waals surface area contributed by atoms with Gasteiger partial charge >= 0.3 is 0 Å². The van der Waals surface area contributed by atoms with Gasteiger partial charge in [-0.15, -0.1) is 11.8 Å². The summed E-state index contributed by atoms with van der Waals surface area (Å²) in [6.07, 6.45) is 2.98. The van der Waals surface area contributed by atoms with Crippen molar-refractivity contribution in [2.75, 3.05) is 26.2 Å². The molecule has 2 unspecified atom stereocenters. The highest BCUT2D eigenvalue weighted by molar-refractivity contribution is 7.99. The fourth-order valence-electron chi connectivity index (χ4n) is 3.68. The van der Waals surface area contributed by atoms with Crippen molar-refractivity contribution in [3.63, 3.8) is 0 Å². The molecule has 1 aliphatic rings. The van der Waals surface area contributed by atoms with E-state index >= 15 is 0 Å². The highest BCUT2D eigenvalue weighted by Crippen LogP contribution is 2.27. The number of aliphatic hydroxyl groups excluding tert-OH is 1. The molecule has 1 fully saturated rings. The molecular weight excluding hydrogens is 392 g/mol. The molecule has 0 aliphatic carbocycles. The number of nitrogens with zero attached hydrogens (tertiary/aromatic N) is 2. The maximum atomic E-state index is 12.5. The molecule has 4 nitrogen and oxygen atoms in total. The molecule has 0 aromatic heterocycles. The maximum absolute atomic E-state index is 12.5. The van der Waals surface area contributed by atoms with Crippen molar-refractivity contribution in [3.05, 3.63) is 71.8 Å². The molecule has 2 aromatic rings. The zero-order chi connectivity index (χ0) is 21.5. The van der Waals surface area contributed by atoms with Crippen LogP contribution < -0.4 is 0 Å². The molecule has 30 heavy (non-hydrogen) atoms. The molecule has 0 spiro atoms. The SMILES string of the molecule is CC(C)Sc1ccc(C(O)C(C)N2CCN(C(=O)/C=C\c3ccccc3)CC2)cc1. The fourth-order valence-corrected chi connectivity index (χ4v) is 4.52. The molecule has 3 rings (SSSR count). The molecule has 1 amide bonds. The Balaban J connectivity index is 1.51. The Kier molecular flexibility index (Phi) is 8.14. The molecule has 5 heteroatoms. The van der Waals surface area contributed by atoms with Gasteiger partial charge in [-0.1, -0.05) is 56.3 Å². The number of thioether (sulfide) groups is 1. The molecule has 0 bridgehead atoms. The average Bonchev–Trinajstić information content (AvgIpc) is 2.77. The molecule has 1 saturated heterocycles. The van der Waals surface area contributed by atoms with Gasteiger partial charge < -0.3 is 10.0 Å². The number of hydrogen-bond donors (Lipinski definition) is 1. The average molecular weight is 425 g/mol. The van der Waals surface area contributed by atoms with Gasteiger partial charge in [0.15, 0.2) is 0 Å². The van der Waals surface area contributed by atoms with E-state index in [4.69, 9.17) is 0 Å². The summed E-state index contributed by atoms with van der Waals surface area (Å²) in [5, 5.41) is 11.4. The first-order chi connectivity index (χ1) is 14.4. The molecular formula is C25H32N2O2S. The van der Waals surface area contributed by atoms with E-state index in [1.165, 1.54) is 4.90 Å². The lowest BCUT2D eigenvalue weighted by Gasteiger charge is -2.39. The molecule has 1 heterocycles. The monoisotopic (exact) mass is 424 g/mol. The van der Waals surface area contributed by atoms with Gasteiger partial charge in [-0.2, -0.15) is 0 Å². The standard InChI is InChI=1S/C25H32N2O2S/c1-19(2)30-23-12-10-22(11-13-23)25(29)20(3)26-15-17-27(18-16-26)24(28)14-9-21-7-5-4-6-8-21/h4-14,19-20,25,29H,15-18H2,1-3H3/b14-9-. The summed E-state index contributed by atoms with van der Waals surface area (Å²) in [6, 6.07) is 18.1. The van der Waals surface area contributed by atoms with E-state index in [9.17, 15) is 9.90 Å². The van der Waals surface area contributed by atoms with Crippen molar-refractivity contribution in [2.24, 2.45) is 0 Å². The van der Waals surface area contributed by atoms with Crippen molar-refractivity contribution in [1.82, 2.24) is 9.80 Å². The van der Waals surface area contributed by atoms with Crippen molar-refractivity contribution in [3.8, 4) is 0 Å². The smallest absolute Gasteiger partial charge is 0.246 e. The molecule has 0 saturated carbocycles. The Morgan fingerprint density at radius 2 is 1.60 bits per heavy atom. The van der Waals surface area contributed by atoms with Gasteiger partial charge in [0.25, 0.3) is 0 Å². The van der Waals surface area contributed by atoms with Gasteiger partial charge in [0.1, 0.15) is 0 Å². The molecule has 1 aliphatic heterocycles. The minimum Gasteiger partial charge on any atom is -0.387 e. The third-order valence-corrected chi connectivity index (χ3v) is 6.49. The Morgan fingerprint density at radius 1 is 0.967 bits per heavy atom. The van der Waals surface area contributed by atoms with Crippen LogP contribution in [0.2, 0.25) is 0 Å². The number of carbonyl (C=O) groups is 1. The van der Waals surface area contributed by atoms with Crippen LogP contribution in [0.4, 0.5) is 0 Å². The van der Waals surface area contributed by atoms with Crippen molar-refractivity contribution in [2.45, 2.75) is 43.1 Å². The van der Waals surface area contributed by atoms with E-state index < -0.39 is 6.10 Å². The largest absolute Gasteiger partial charge is 0.387 e. The van der Waals surface area contributed by atoms with E-state index in [2.05, 4.69) is 37.8 Å². The second kappa shape index (κ2) is 10.8. The van der Waals surface area contributed by atoms with Crippen LogP contribution in [0.1, 0.15) is 38.0 Å². The Morgan fingerprint density at radius 3 is 2.20 bits per heavy atom. The van der Waals surface area contributed by atoms with E-state index in [-0.39, 0.29) is 11.9 Å². The number of rotatable bonds is 7. The molecule has 160 valence electrons. The highest BCUT2D eigenvalue weighted by atomic mass is 32.2. The molecule has 0 radical (unpaired) electrons. The first kappa shape index (κ1) is 22.6. The number of carbonyl (C=O) groups excluding carboxylic acids is 1. The van der Waals surface area contributed by atoms with Gasteiger partial charge in [-0.25, -0.2) is 0 Å². The minimum atomic E-state index is -0.539. The summed E-state index contributed by atoms with van der Waals surface area (Å²) < 4.78 is 0. The molecule has 2 atom stereocenters. The van der Waals surface area contributed by atoms with Crippen LogP contribution in [0.5, 0.6) is 0 Å². The van der Waals surface area contributed by atoms with Crippen LogP contribution in [0, 0.1) is 0 Å². The van der Waals surface area contributed by atoms with Crippen LogP contribution in [-0.4, -0.2) is 58.3 Å². The predicted octanol–water partition coefficient (Wildman–Crippen LogP) is 4.47.